The number of amides is 1. The van der Waals surface area contributed by atoms with Crippen LogP contribution in [0.2, 0.25) is 5.02 Å². The molecule has 1 aromatic heterocycles. The van der Waals surface area contributed by atoms with Crippen molar-refractivity contribution < 1.29 is 22.7 Å². The Hall–Kier alpha value is -2.45. The molecule has 1 amide bonds. The molecule has 3 rings (SSSR count). The Morgan fingerprint density at radius 1 is 1.31 bits per heavy atom. The number of anilines is 1. The van der Waals surface area contributed by atoms with E-state index in [0.29, 0.717) is 10.6 Å². The summed E-state index contributed by atoms with van der Waals surface area (Å²) in [5, 5.41) is 17.5. The highest BCUT2D eigenvalue weighted by Crippen LogP contribution is 2.37. The zero-order valence-corrected chi connectivity index (χ0v) is 17.4. The first-order valence-corrected chi connectivity index (χ1v) is 11.3. The van der Waals surface area contributed by atoms with E-state index in [0.717, 1.165) is 48.3 Å². The molecular weight excluding hydrogens is 438 g/mol. The van der Waals surface area contributed by atoms with Gasteiger partial charge in [-0.05, 0) is 49.4 Å². The minimum Gasteiger partial charge on any atom is -0.452 e. The van der Waals surface area contributed by atoms with E-state index in [2.05, 4.69) is 11.4 Å². The standard InChI is InChI=1S/C18H16ClN3O5S2/c19-14-6-5-10(29(21,25)26)7-12(14)18(24)27-9-16(23)22-17-13(8-20)11-3-1-2-4-15(11)28-17/h5-7H,1-4,9H2,(H,22,23)(H2,21,25,26). The first kappa shape index (κ1) is 21.3. The number of carbonyl (C=O) groups excluding carboxylic acids is 2. The fourth-order valence-corrected chi connectivity index (χ4v) is 4.97. The summed E-state index contributed by atoms with van der Waals surface area (Å²) in [6, 6.07) is 5.47. The van der Waals surface area contributed by atoms with Crippen LogP contribution in [-0.4, -0.2) is 26.9 Å². The molecule has 0 aliphatic heterocycles. The lowest BCUT2D eigenvalue weighted by atomic mass is 9.96. The van der Waals surface area contributed by atoms with E-state index in [1.807, 2.05) is 0 Å². The number of aryl methyl sites for hydroxylation is 1. The van der Waals surface area contributed by atoms with E-state index in [-0.39, 0.29) is 15.5 Å². The summed E-state index contributed by atoms with van der Waals surface area (Å²) in [6.07, 6.45) is 3.72. The Balaban J connectivity index is 1.68. The van der Waals surface area contributed by atoms with Crippen molar-refractivity contribution in [2.75, 3.05) is 11.9 Å². The molecule has 11 heteroatoms. The number of benzene rings is 1. The molecule has 29 heavy (non-hydrogen) atoms. The van der Waals surface area contributed by atoms with Gasteiger partial charge in [0.2, 0.25) is 10.0 Å². The van der Waals surface area contributed by atoms with Gasteiger partial charge in [-0.25, -0.2) is 18.4 Å². The number of nitrogens with one attached hydrogen (secondary N) is 1. The second kappa shape index (κ2) is 8.51. The molecule has 0 saturated carbocycles. The van der Waals surface area contributed by atoms with E-state index in [1.165, 1.54) is 17.4 Å². The van der Waals surface area contributed by atoms with E-state index in [1.54, 1.807) is 0 Å². The van der Waals surface area contributed by atoms with Crippen LogP contribution in [0.4, 0.5) is 5.00 Å². The highest BCUT2D eigenvalue weighted by molar-refractivity contribution is 7.89. The molecule has 0 bridgehead atoms. The average Bonchev–Trinajstić information content (AvgIpc) is 3.02. The van der Waals surface area contributed by atoms with Gasteiger partial charge < -0.3 is 10.1 Å². The van der Waals surface area contributed by atoms with Gasteiger partial charge >= 0.3 is 5.97 Å². The molecule has 1 aliphatic carbocycles. The van der Waals surface area contributed by atoms with Gasteiger partial charge in [-0.2, -0.15) is 5.26 Å². The lowest BCUT2D eigenvalue weighted by Gasteiger charge is -2.09. The Morgan fingerprint density at radius 2 is 2.03 bits per heavy atom. The van der Waals surface area contributed by atoms with Crippen LogP contribution in [0, 0.1) is 11.3 Å². The quantitative estimate of drug-likeness (QED) is 0.667. The van der Waals surface area contributed by atoms with Crippen molar-refractivity contribution in [2.24, 2.45) is 5.14 Å². The number of sulfonamides is 1. The van der Waals surface area contributed by atoms with Crippen molar-refractivity contribution in [3.8, 4) is 6.07 Å². The second-order valence-electron chi connectivity index (χ2n) is 6.34. The topological polar surface area (TPSA) is 139 Å². The van der Waals surface area contributed by atoms with Crippen molar-refractivity contribution in [1.82, 2.24) is 0 Å². The largest absolute Gasteiger partial charge is 0.452 e. The molecule has 1 aromatic carbocycles. The molecule has 0 saturated heterocycles. The molecule has 1 aliphatic rings. The Labute approximate surface area is 176 Å². The van der Waals surface area contributed by atoms with Crippen LogP contribution < -0.4 is 10.5 Å². The summed E-state index contributed by atoms with van der Waals surface area (Å²) in [5.41, 5.74) is 1.20. The van der Waals surface area contributed by atoms with Crippen LogP contribution in [0.3, 0.4) is 0 Å². The number of nitrogens with two attached hydrogens (primary N) is 1. The van der Waals surface area contributed by atoms with Crippen molar-refractivity contribution >= 4 is 49.8 Å². The molecule has 0 spiro atoms. The van der Waals surface area contributed by atoms with Gasteiger partial charge in [0.25, 0.3) is 5.91 Å². The lowest BCUT2D eigenvalue weighted by Crippen LogP contribution is -2.21. The summed E-state index contributed by atoms with van der Waals surface area (Å²) in [4.78, 5) is 25.2. The molecule has 2 aromatic rings. The zero-order chi connectivity index (χ0) is 21.2. The second-order valence-corrected chi connectivity index (χ2v) is 9.41. The number of hydrogen-bond donors (Lipinski definition) is 2. The Bertz CT molecular complexity index is 1140. The maximum atomic E-state index is 12.2. The first-order valence-electron chi connectivity index (χ1n) is 8.54. The SMILES string of the molecule is N#Cc1c(NC(=O)COC(=O)c2cc(S(N)(=O)=O)ccc2Cl)sc2c1CCCC2. The van der Waals surface area contributed by atoms with Crippen molar-refractivity contribution in [1.29, 1.82) is 5.26 Å². The number of ether oxygens (including phenoxy) is 1. The predicted octanol–water partition coefficient (Wildman–Crippen LogP) is 2.59. The van der Waals surface area contributed by atoms with E-state index >= 15 is 0 Å². The van der Waals surface area contributed by atoms with Gasteiger partial charge in [-0.1, -0.05) is 11.6 Å². The van der Waals surface area contributed by atoms with E-state index in [9.17, 15) is 23.3 Å². The van der Waals surface area contributed by atoms with Crippen molar-refractivity contribution in [3.63, 3.8) is 0 Å². The zero-order valence-electron chi connectivity index (χ0n) is 15.0. The number of primary sulfonamides is 1. The minimum absolute atomic E-state index is 0.0412. The Morgan fingerprint density at radius 3 is 2.72 bits per heavy atom. The number of halogens is 1. The van der Waals surface area contributed by atoms with Crippen LogP contribution in [0.1, 0.15) is 39.2 Å². The summed E-state index contributed by atoms with van der Waals surface area (Å²) >= 11 is 7.27. The van der Waals surface area contributed by atoms with Gasteiger partial charge in [-0.3, -0.25) is 4.79 Å². The number of carbonyl (C=O) groups is 2. The van der Waals surface area contributed by atoms with Gasteiger partial charge in [0, 0.05) is 4.88 Å². The molecule has 0 unspecified atom stereocenters. The molecule has 152 valence electrons. The summed E-state index contributed by atoms with van der Waals surface area (Å²) in [6.45, 7) is -0.623. The lowest BCUT2D eigenvalue weighted by molar-refractivity contribution is -0.119. The summed E-state index contributed by atoms with van der Waals surface area (Å²) in [7, 11) is -4.03. The normalized spacial score (nSPS) is 13.3. The third-order valence-electron chi connectivity index (χ3n) is 4.36. The number of nitrogens with zero attached hydrogens (tertiary/aromatic N) is 1. The average molecular weight is 454 g/mol. The number of nitriles is 1. The monoisotopic (exact) mass is 453 g/mol. The molecule has 8 nitrogen and oxygen atoms in total. The van der Waals surface area contributed by atoms with Gasteiger partial charge in [0.1, 0.15) is 11.1 Å². The third kappa shape index (κ3) is 4.76. The molecule has 0 radical (unpaired) electrons. The van der Waals surface area contributed by atoms with E-state index < -0.39 is 28.5 Å². The van der Waals surface area contributed by atoms with Crippen LogP contribution in [0.15, 0.2) is 23.1 Å². The minimum atomic E-state index is -4.03. The van der Waals surface area contributed by atoms with Crippen molar-refractivity contribution in [3.05, 3.63) is 44.8 Å². The number of thiophene rings is 1. The number of rotatable bonds is 5. The maximum absolute atomic E-state index is 12.2. The smallest absolute Gasteiger partial charge is 0.340 e. The number of hydrogen-bond acceptors (Lipinski definition) is 7. The van der Waals surface area contributed by atoms with Gasteiger partial charge in [-0.15, -0.1) is 11.3 Å². The maximum Gasteiger partial charge on any atom is 0.340 e. The highest BCUT2D eigenvalue weighted by Gasteiger charge is 2.23. The predicted molar refractivity (Wildman–Crippen MR) is 107 cm³/mol. The van der Waals surface area contributed by atoms with E-state index in [4.69, 9.17) is 21.5 Å². The van der Waals surface area contributed by atoms with Crippen LogP contribution >= 0.6 is 22.9 Å². The van der Waals surface area contributed by atoms with Gasteiger partial charge in [0.15, 0.2) is 6.61 Å². The van der Waals surface area contributed by atoms with Gasteiger partial charge in [0.05, 0.1) is 21.0 Å². The molecule has 3 N–H and O–H groups in total. The highest BCUT2D eigenvalue weighted by atomic mass is 35.5. The number of fused-ring (bicyclic) bond motifs is 1. The molecule has 0 atom stereocenters. The fourth-order valence-electron chi connectivity index (χ4n) is 2.98. The summed E-state index contributed by atoms with van der Waals surface area (Å²) < 4.78 is 27.8. The molecule has 1 heterocycles. The summed E-state index contributed by atoms with van der Waals surface area (Å²) in [5.74, 6) is -1.59. The van der Waals surface area contributed by atoms with Crippen molar-refractivity contribution in [2.45, 2.75) is 30.6 Å². The third-order valence-corrected chi connectivity index (χ3v) is 6.80. The first-order chi connectivity index (χ1) is 13.7. The fraction of sp³-hybridized carbons (Fsp3) is 0.278. The number of esters is 1. The molecular formula is C18H16ClN3O5S2. The Kier molecular flexibility index (Phi) is 6.24. The molecule has 0 fully saturated rings. The van der Waals surface area contributed by atoms with Crippen LogP contribution in [-0.2, 0) is 32.4 Å². The van der Waals surface area contributed by atoms with Crippen LogP contribution in [0.5, 0.6) is 0 Å². The van der Waals surface area contributed by atoms with Crippen LogP contribution in [0.25, 0.3) is 0 Å².